The van der Waals surface area contributed by atoms with Gasteiger partial charge >= 0.3 is 0 Å². The van der Waals surface area contributed by atoms with Crippen LogP contribution < -0.4 is 0 Å². The van der Waals surface area contributed by atoms with Gasteiger partial charge in [-0.25, -0.2) is 4.98 Å². The summed E-state index contributed by atoms with van der Waals surface area (Å²) in [5, 5.41) is 7.06. The van der Waals surface area contributed by atoms with Gasteiger partial charge in [-0.1, -0.05) is 6.92 Å². The molecule has 1 fully saturated rings. The molecule has 118 valence electrons. The van der Waals surface area contributed by atoms with Crippen molar-refractivity contribution in [2.75, 3.05) is 19.8 Å². The molecule has 2 aromatic heterocycles. The first-order chi connectivity index (χ1) is 10.7. The van der Waals surface area contributed by atoms with Crippen molar-refractivity contribution in [3.63, 3.8) is 0 Å². The number of carbonyl (C=O) groups is 1. The summed E-state index contributed by atoms with van der Waals surface area (Å²) in [6.45, 7) is 6.00. The van der Waals surface area contributed by atoms with Gasteiger partial charge in [0, 0.05) is 25.4 Å². The van der Waals surface area contributed by atoms with Crippen LogP contribution in [0.15, 0.2) is 18.6 Å². The molecule has 0 aromatic carbocycles. The van der Waals surface area contributed by atoms with Gasteiger partial charge in [0.05, 0.1) is 31.1 Å². The summed E-state index contributed by atoms with van der Waals surface area (Å²) in [6.07, 6.45) is 6.18. The first-order valence-corrected chi connectivity index (χ1v) is 7.57. The zero-order valence-corrected chi connectivity index (χ0v) is 13.0. The van der Waals surface area contributed by atoms with Gasteiger partial charge in [-0.3, -0.25) is 9.89 Å². The summed E-state index contributed by atoms with van der Waals surface area (Å²) in [5.41, 5.74) is 2.00. The van der Waals surface area contributed by atoms with E-state index in [2.05, 4.69) is 15.2 Å². The second-order valence-corrected chi connectivity index (χ2v) is 5.47. The number of amides is 1. The van der Waals surface area contributed by atoms with E-state index in [0.717, 1.165) is 23.5 Å². The topological polar surface area (TPSA) is 76.0 Å². The second-order valence-electron chi connectivity index (χ2n) is 5.47. The van der Waals surface area contributed by atoms with Gasteiger partial charge < -0.3 is 14.2 Å². The van der Waals surface area contributed by atoms with Gasteiger partial charge in [-0.2, -0.15) is 5.10 Å². The molecule has 0 spiro atoms. The fourth-order valence-corrected chi connectivity index (χ4v) is 2.87. The van der Waals surface area contributed by atoms with E-state index in [1.807, 2.05) is 29.5 Å². The standard InChI is InChI=1S/C15H21N5O2/c1-3-13-16-4-5-19(13)9-14(21)20-6-7-22-10-12(20)15-11(2)8-17-18-15/h4-5,8,12H,3,6-7,9-10H2,1-2H3,(H,17,18). The summed E-state index contributed by atoms with van der Waals surface area (Å²) < 4.78 is 7.47. The van der Waals surface area contributed by atoms with Gasteiger partial charge in [-0.05, 0) is 12.5 Å². The number of aromatic amines is 1. The third-order valence-corrected chi connectivity index (χ3v) is 4.07. The maximum absolute atomic E-state index is 12.7. The molecule has 0 radical (unpaired) electrons. The minimum absolute atomic E-state index is 0.0787. The Labute approximate surface area is 129 Å². The fourth-order valence-electron chi connectivity index (χ4n) is 2.87. The molecule has 22 heavy (non-hydrogen) atoms. The van der Waals surface area contributed by atoms with Crippen molar-refractivity contribution < 1.29 is 9.53 Å². The molecule has 1 atom stereocenters. The average molecular weight is 303 g/mol. The van der Waals surface area contributed by atoms with Crippen LogP contribution in [0.3, 0.4) is 0 Å². The van der Waals surface area contributed by atoms with E-state index in [1.54, 1.807) is 12.4 Å². The number of hydrogen-bond acceptors (Lipinski definition) is 4. The van der Waals surface area contributed by atoms with Gasteiger partial charge in [0.15, 0.2) is 0 Å². The van der Waals surface area contributed by atoms with E-state index in [4.69, 9.17) is 4.74 Å². The molecule has 1 amide bonds. The van der Waals surface area contributed by atoms with Crippen molar-refractivity contribution in [2.45, 2.75) is 32.9 Å². The van der Waals surface area contributed by atoms with Gasteiger partial charge in [0.2, 0.25) is 5.91 Å². The van der Waals surface area contributed by atoms with Gasteiger partial charge in [0.25, 0.3) is 0 Å². The molecule has 1 aliphatic heterocycles. The first-order valence-electron chi connectivity index (χ1n) is 7.57. The van der Waals surface area contributed by atoms with E-state index < -0.39 is 0 Å². The number of carbonyl (C=O) groups excluding carboxylic acids is 1. The quantitative estimate of drug-likeness (QED) is 0.917. The minimum Gasteiger partial charge on any atom is -0.377 e. The second kappa shape index (κ2) is 6.31. The summed E-state index contributed by atoms with van der Waals surface area (Å²) in [5.74, 6) is 1.01. The number of morpholine rings is 1. The number of H-pyrrole nitrogens is 1. The maximum atomic E-state index is 12.7. The molecule has 1 saturated heterocycles. The summed E-state index contributed by atoms with van der Waals surface area (Å²) >= 11 is 0. The molecule has 1 N–H and O–H groups in total. The average Bonchev–Trinajstić information content (AvgIpc) is 3.15. The summed E-state index contributed by atoms with van der Waals surface area (Å²) in [7, 11) is 0. The SMILES string of the molecule is CCc1nccn1CC(=O)N1CCOCC1c1[nH]ncc1C. The highest BCUT2D eigenvalue weighted by molar-refractivity contribution is 5.76. The summed E-state index contributed by atoms with van der Waals surface area (Å²) in [4.78, 5) is 18.9. The largest absolute Gasteiger partial charge is 0.377 e. The third kappa shape index (κ3) is 2.76. The van der Waals surface area contributed by atoms with Crippen LogP contribution >= 0.6 is 0 Å². The first kappa shape index (κ1) is 14.8. The Kier molecular flexibility index (Phi) is 4.24. The van der Waals surface area contributed by atoms with Crippen molar-refractivity contribution in [3.05, 3.63) is 35.7 Å². The van der Waals surface area contributed by atoms with Crippen molar-refractivity contribution >= 4 is 5.91 Å². The molecule has 1 unspecified atom stereocenters. The Balaban J connectivity index is 1.79. The van der Waals surface area contributed by atoms with E-state index in [9.17, 15) is 4.79 Å². The number of imidazole rings is 1. The van der Waals surface area contributed by atoms with E-state index in [-0.39, 0.29) is 11.9 Å². The number of aromatic nitrogens is 4. The number of aryl methyl sites for hydroxylation is 2. The van der Waals surface area contributed by atoms with Crippen LogP contribution in [-0.2, 0) is 22.5 Å². The Morgan fingerprint density at radius 2 is 2.41 bits per heavy atom. The zero-order valence-electron chi connectivity index (χ0n) is 13.0. The van der Waals surface area contributed by atoms with Crippen LogP contribution in [0.5, 0.6) is 0 Å². The molecule has 7 nitrogen and oxygen atoms in total. The smallest absolute Gasteiger partial charge is 0.243 e. The third-order valence-electron chi connectivity index (χ3n) is 4.07. The normalized spacial score (nSPS) is 18.6. The molecular weight excluding hydrogens is 282 g/mol. The highest BCUT2D eigenvalue weighted by Gasteiger charge is 2.30. The lowest BCUT2D eigenvalue weighted by Crippen LogP contribution is -2.45. The molecule has 0 aliphatic carbocycles. The molecular formula is C15H21N5O2. The van der Waals surface area contributed by atoms with Crippen molar-refractivity contribution in [3.8, 4) is 0 Å². The Bertz CT molecular complexity index is 648. The molecule has 2 aromatic rings. The van der Waals surface area contributed by atoms with E-state index in [1.165, 1.54) is 0 Å². The Morgan fingerprint density at radius 3 is 3.14 bits per heavy atom. The van der Waals surface area contributed by atoms with Gasteiger partial charge in [-0.15, -0.1) is 0 Å². The van der Waals surface area contributed by atoms with Crippen molar-refractivity contribution in [1.29, 1.82) is 0 Å². The highest BCUT2D eigenvalue weighted by atomic mass is 16.5. The van der Waals surface area contributed by atoms with Crippen LogP contribution in [0.1, 0.15) is 30.0 Å². The number of rotatable bonds is 4. The van der Waals surface area contributed by atoms with Crippen LogP contribution in [0.25, 0.3) is 0 Å². The lowest BCUT2D eigenvalue weighted by atomic mass is 10.1. The summed E-state index contributed by atoms with van der Waals surface area (Å²) in [6, 6.07) is -0.0997. The molecule has 7 heteroatoms. The van der Waals surface area contributed by atoms with Crippen molar-refractivity contribution in [1.82, 2.24) is 24.6 Å². The minimum atomic E-state index is -0.0997. The molecule has 0 bridgehead atoms. The molecule has 1 aliphatic rings. The number of nitrogens with one attached hydrogen (secondary N) is 1. The van der Waals surface area contributed by atoms with Crippen molar-refractivity contribution in [2.24, 2.45) is 0 Å². The predicted octanol–water partition coefficient (Wildman–Crippen LogP) is 1.08. The van der Waals surface area contributed by atoms with Crippen LogP contribution in [0.2, 0.25) is 0 Å². The lowest BCUT2D eigenvalue weighted by molar-refractivity contribution is -0.141. The highest BCUT2D eigenvalue weighted by Crippen LogP contribution is 2.25. The monoisotopic (exact) mass is 303 g/mol. The molecule has 3 heterocycles. The number of ether oxygens (including phenoxy) is 1. The Morgan fingerprint density at radius 1 is 1.55 bits per heavy atom. The predicted molar refractivity (Wildman–Crippen MR) is 80.2 cm³/mol. The number of hydrogen-bond donors (Lipinski definition) is 1. The van der Waals surface area contributed by atoms with Crippen LogP contribution in [0, 0.1) is 6.92 Å². The lowest BCUT2D eigenvalue weighted by Gasteiger charge is -2.35. The van der Waals surface area contributed by atoms with E-state index >= 15 is 0 Å². The van der Waals surface area contributed by atoms with E-state index in [0.29, 0.717) is 26.3 Å². The molecule has 3 rings (SSSR count). The fraction of sp³-hybridized carbons (Fsp3) is 0.533. The van der Waals surface area contributed by atoms with Crippen LogP contribution in [0.4, 0.5) is 0 Å². The van der Waals surface area contributed by atoms with Crippen LogP contribution in [-0.4, -0.2) is 50.3 Å². The number of nitrogens with zero attached hydrogens (tertiary/aromatic N) is 4. The Hall–Kier alpha value is -2.15. The molecule has 0 saturated carbocycles. The zero-order chi connectivity index (χ0) is 15.5. The van der Waals surface area contributed by atoms with Gasteiger partial charge in [0.1, 0.15) is 12.4 Å². The maximum Gasteiger partial charge on any atom is 0.243 e.